The summed E-state index contributed by atoms with van der Waals surface area (Å²) in [5.41, 5.74) is 5.73. The van der Waals surface area contributed by atoms with Gasteiger partial charge in [-0.2, -0.15) is 15.0 Å². The highest BCUT2D eigenvalue weighted by Gasteiger charge is 2.30. The Morgan fingerprint density at radius 2 is 1.91 bits per heavy atom. The molecule has 2 aromatic heterocycles. The summed E-state index contributed by atoms with van der Waals surface area (Å²) in [5.74, 6) is -0.249. The van der Waals surface area contributed by atoms with Gasteiger partial charge in [0.15, 0.2) is 5.03 Å². The topological polar surface area (TPSA) is 55.0 Å². The number of fused-ring (bicyclic) bond motifs is 1. The Morgan fingerprint density at radius 1 is 1.11 bits per heavy atom. The molecule has 0 bridgehead atoms. The van der Waals surface area contributed by atoms with Crippen molar-refractivity contribution in [3.05, 3.63) is 77.4 Å². The quantitative estimate of drug-likeness (QED) is 0.282. The van der Waals surface area contributed by atoms with Crippen molar-refractivity contribution in [3.8, 4) is 5.69 Å². The van der Waals surface area contributed by atoms with Crippen LogP contribution in [0.3, 0.4) is 0 Å². The predicted molar refractivity (Wildman–Crippen MR) is 138 cm³/mol. The minimum atomic E-state index is -0.249. The Morgan fingerprint density at radius 3 is 2.63 bits per heavy atom. The second kappa shape index (κ2) is 9.93. The highest BCUT2D eigenvalue weighted by atomic mass is 32.2. The number of aromatic nitrogens is 5. The first-order chi connectivity index (χ1) is 16.9. The number of rotatable bonds is 6. The Bertz CT molecular complexity index is 1350. The van der Waals surface area contributed by atoms with E-state index in [1.807, 2.05) is 24.1 Å². The second-order valence-electron chi connectivity index (χ2n) is 9.24. The van der Waals surface area contributed by atoms with E-state index in [1.54, 1.807) is 28.9 Å². The summed E-state index contributed by atoms with van der Waals surface area (Å²) >= 11 is 1.67. The van der Waals surface area contributed by atoms with Gasteiger partial charge in [0.1, 0.15) is 5.82 Å². The van der Waals surface area contributed by atoms with Crippen molar-refractivity contribution in [2.75, 3.05) is 26.2 Å². The minimum absolute atomic E-state index is 0.238. The SMILES string of the molecule is CC(C)=CCN1CCN(Sc2cnn(C)n2)CC1c1cc2cnn(-c3ccc(F)cc3)c2cc1C. The third-order valence-corrected chi connectivity index (χ3v) is 7.34. The predicted octanol–water partition coefficient (Wildman–Crippen LogP) is 4.93. The molecular weight excluding hydrogens is 461 g/mol. The van der Waals surface area contributed by atoms with Crippen molar-refractivity contribution in [1.82, 2.24) is 34.0 Å². The monoisotopic (exact) mass is 491 g/mol. The molecule has 182 valence electrons. The average molecular weight is 492 g/mol. The van der Waals surface area contributed by atoms with Gasteiger partial charge in [0.2, 0.25) is 0 Å². The van der Waals surface area contributed by atoms with Crippen LogP contribution in [0.25, 0.3) is 16.6 Å². The number of hydrogen-bond acceptors (Lipinski definition) is 6. The molecule has 4 aromatic rings. The summed E-state index contributed by atoms with van der Waals surface area (Å²) in [7, 11) is 1.84. The van der Waals surface area contributed by atoms with E-state index in [2.05, 4.69) is 63.5 Å². The lowest BCUT2D eigenvalue weighted by molar-refractivity contribution is 0.137. The molecule has 1 aliphatic heterocycles. The van der Waals surface area contributed by atoms with Crippen LogP contribution in [0, 0.1) is 12.7 Å². The number of piperazine rings is 1. The Kier molecular flexibility index (Phi) is 6.73. The van der Waals surface area contributed by atoms with Crippen LogP contribution in [0.1, 0.15) is 31.0 Å². The molecule has 1 unspecified atom stereocenters. The van der Waals surface area contributed by atoms with Crippen LogP contribution in [0.2, 0.25) is 0 Å². The van der Waals surface area contributed by atoms with Crippen molar-refractivity contribution in [1.29, 1.82) is 0 Å². The highest BCUT2D eigenvalue weighted by Crippen LogP contribution is 2.34. The first-order valence-electron chi connectivity index (χ1n) is 11.8. The van der Waals surface area contributed by atoms with Crippen molar-refractivity contribution in [3.63, 3.8) is 0 Å². The second-order valence-corrected chi connectivity index (χ2v) is 10.4. The van der Waals surface area contributed by atoms with E-state index < -0.39 is 0 Å². The standard InChI is InChI=1S/C26H30FN7S/c1-18(2)9-10-32-11-12-33(35-26-16-28-31(4)30-26)17-25(32)23-14-20-15-29-34(24(20)13-19(23)3)22-7-5-21(27)6-8-22/h5-9,13-16,25H,10-12,17H2,1-4H3. The lowest BCUT2D eigenvalue weighted by Crippen LogP contribution is -2.46. The summed E-state index contributed by atoms with van der Waals surface area (Å²) in [6, 6.07) is 11.2. The summed E-state index contributed by atoms with van der Waals surface area (Å²) in [6.07, 6.45) is 6.02. The van der Waals surface area contributed by atoms with E-state index in [0.29, 0.717) is 0 Å². The molecule has 9 heteroatoms. The number of hydrogen-bond donors (Lipinski definition) is 0. The van der Waals surface area contributed by atoms with Crippen LogP contribution in [-0.2, 0) is 7.05 Å². The normalized spacial score (nSPS) is 17.2. The van der Waals surface area contributed by atoms with Gasteiger partial charge in [0, 0.05) is 44.7 Å². The fourth-order valence-electron chi connectivity index (χ4n) is 4.54. The van der Waals surface area contributed by atoms with Crippen molar-refractivity contribution in [2.45, 2.75) is 31.8 Å². The molecule has 0 radical (unpaired) electrons. The molecule has 7 nitrogen and oxygen atoms in total. The van der Waals surface area contributed by atoms with E-state index in [9.17, 15) is 4.39 Å². The molecule has 0 N–H and O–H groups in total. The van der Waals surface area contributed by atoms with E-state index in [4.69, 9.17) is 0 Å². The number of benzene rings is 2. The van der Waals surface area contributed by atoms with Crippen molar-refractivity contribution < 1.29 is 4.39 Å². The molecule has 0 saturated carbocycles. The molecule has 1 fully saturated rings. The molecule has 0 aliphatic carbocycles. The van der Waals surface area contributed by atoms with Gasteiger partial charge in [0.25, 0.3) is 0 Å². The summed E-state index contributed by atoms with van der Waals surface area (Å²) in [4.78, 5) is 4.15. The zero-order chi connectivity index (χ0) is 24.5. The van der Waals surface area contributed by atoms with Crippen molar-refractivity contribution in [2.24, 2.45) is 7.05 Å². The van der Waals surface area contributed by atoms with Gasteiger partial charge in [-0.3, -0.25) is 4.90 Å². The van der Waals surface area contributed by atoms with Gasteiger partial charge in [0.05, 0.1) is 23.6 Å². The van der Waals surface area contributed by atoms with Crippen LogP contribution in [-0.4, -0.2) is 60.2 Å². The molecular formula is C26H30FN7S. The van der Waals surface area contributed by atoms with Gasteiger partial charge in [-0.15, -0.1) is 5.10 Å². The van der Waals surface area contributed by atoms with Crippen LogP contribution in [0.15, 0.2) is 65.5 Å². The van der Waals surface area contributed by atoms with Gasteiger partial charge in [-0.1, -0.05) is 11.6 Å². The fraction of sp³-hybridized carbons (Fsp3) is 0.346. The van der Waals surface area contributed by atoms with Crippen LogP contribution < -0.4 is 0 Å². The Labute approximate surface area is 209 Å². The van der Waals surface area contributed by atoms with Crippen molar-refractivity contribution >= 4 is 22.9 Å². The van der Waals surface area contributed by atoms with Gasteiger partial charge in [-0.05, 0) is 80.2 Å². The maximum Gasteiger partial charge on any atom is 0.153 e. The molecule has 2 aromatic carbocycles. The van der Waals surface area contributed by atoms with E-state index in [-0.39, 0.29) is 11.9 Å². The fourth-order valence-corrected chi connectivity index (χ4v) is 5.44. The van der Waals surface area contributed by atoms with Gasteiger partial charge in [-0.25, -0.2) is 13.4 Å². The van der Waals surface area contributed by atoms with E-state index in [1.165, 1.54) is 28.8 Å². The number of aryl methyl sites for hydroxylation is 2. The van der Waals surface area contributed by atoms with Gasteiger partial charge < -0.3 is 0 Å². The summed E-state index contributed by atoms with van der Waals surface area (Å²) in [5, 5.41) is 15.3. The van der Waals surface area contributed by atoms with E-state index >= 15 is 0 Å². The number of allylic oxidation sites excluding steroid dienone is 1. The summed E-state index contributed by atoms with van der Waals surface area (Å²) in [6.45, 7) is 10.2. The molecule has 0 amide bonds. The lowest BCUT2D eigenvalue weighted by Gasteiger charge is -2.41. The molecule has 1 atom stereocenters. The van der Waals surface area contributed by atoms with Crippen LogP contribution in [0.5, 0.6) is 0 Å². The maximum absolute atomic E-state index is 13.4. The zero-order valence-corrected chi connectivity index (χ0v) is 21.3. The molecule has 3 heterocycles. The molecule has 5 rings (SSSR count). The smallest absolute Gasteiger partial charge is 0.153 e. The Balaban J connectivity index is 1.48. The summed E-state index contributed by atoms with van der Waals surface area (Å²) < 4.78 is 17.7. The zero-order valence-electron chi connectivity index (χ0n) is 20.5. The molecule has 0 spiro atoms. The lowest BCUT2D eigenvalue weighted by atomic mass is 9.96. The molecule has 35 heavy (non-hydrogen) atoms. The third kappa shape index (κ3) is 5.17. The molecule has 1 aliphatic rings. The first kappa shape index (κ1) is 23.7. The largest absolute Gasteiger partial charge is 0.290 e. The third-order valence-electron chi connectivity index (χ3n) is 6.38. The minimum Gasteiger partial charge on any atom is -0.290 e. The first-order valence-corrected chi connectivity index (χ1v) is 12.6. The van der Waals surface area contributed by atoms with Crippen LogP contribution in [0.4, 0.5) is 4.39 Å². The average Bonchev–Trinajstić information content (AvgIpc) is 3.43. The van der Waals surface area contributed by atoms with Crippen LogP contribution >= 0.6 is 11.9 Å². The number of nitrogens with zero attached hydrogens (tertiary/aromatic N) is 7. The number of halogens is 1. The highest BCUT2D eigenvalue weighted by molar-refractivity contribution is 7.97. The van der Waals surface area contributed by atoms with Gasteiger partial charge >= 0.3 is 0 Å². The Hall–Kier alpha value is -3.01. The van der Waals surface area contributed by atoms with E-state index in [0.717, 1.165) is 47.8 Å². The molecule has 1 saturated heterocycles. The maximum atomic E-state index is 13.4.